The fourth-order valence-electron chi connectivity index (χ4n) is 2.06. The van der Waals surface area contributed by atoms with Gasteiger partial charge in [0.1, 0.15) is 11.4 Å². The maximum Gasteiger partial charge on any atom is 3.00 e. The monoisotopic (exact) mass is 514 g/mol. The van der Waals surface area contributed by atoms with Crippen LogP contribution in [0.5, 0.6) is 0 Å². The zero-order chi connectivity index (χ0) is 14.3. The van der Waals surface area contributed by atoms with Gasteiger partial charge in [-0.15, -0.1) is 0 Å². The minimum Gasteiger partial charge on any atom is -1.00 e. The van der Waals surface area contributed by atoms with E-state index in [1.165, 1.54) is 0 Å². The summed E-state index contributed by atoms with van der Waals surface area (Å²) in [5.74, 6) is 1.40. The second kappa shape index (κ2) is 10.9. The van der Waals surface area contributed by atoms with Gasteiger partial charge in [-0.05, 0) is 39.8 Å². The molecule has 0 spiro atoms. The van der Waals surface area contributed by atoms with E-state index in [4.69, 9.17) is 0 Å². The zero-order valence-electron chi connectivity index (χ0n) is 13.8. The van der Waals surface area contributed by atoms with E-state index < -0.39 is 0 Å². The van der Waals surface area contributed by atoms with E-state index in [9.17, 15) is 0 Å². The molecule has 0 saturated carbocycles. The van der Waals surface area contributed by atoms with Crippen LogP contribution in [-0.4, -0.2) is 40.2 Å². The number of rotatable bonds is 2. The second-order valence-corrected chi connectivity index (χ2v) is 5.17. The summed E-state index contributed by atoms with van der Waals surface area (Å²) in [5, 5.41) is 0. The molecular weight excluding hydrogens is 501 g/mol. The van der Waals surface area contributed by atoms with Crippen LogP contribution in [-0.2, 0) is 0 Å². The van der Waals surface area contributed by atoms with Crippen molar-refractivity contribution in [2.45, 2.75) is 39.8 Å². The molecule has 9 heteroatoms. The maximum absolute atomic E-state index is 4.60. The third kappa shape index (κ3) is 5.53. The number of hydrogen-bond acceptors (Lipinski definition) is 5. The van der Waals surface area contributed by atoms with Gasteiger partial charge in [-0.25, -0.2) is 15.0 Å². The Morgan fingerprint density at radius 1 is 0.750 bits per heavy atom. The normalized spacial score (nSPS) is 21.0. The molecule has 1 radical (unpaired) electrons. The van der Waals surface area contributed by atoms with Crippen LogP contribution in [0.4, 0.5) is 0 Å². The molecule has 2 aliphatic heterocycles. The van der Waals surface area contributed by atoms with Gasteiger partial charge >= 0.3 is 40.8 Å². The third-order valence-corrected chi connectivity index (χ3v) is 3.61. The molecule has 24 heavy (non-hydrogen) atoms. The molecule has 3 rings (SSSR count). The molecule has 0 aliphatic carbocycles. The smallest absolute Gasteiger partial charge is 1.00 e. The van der Waals surface area contributed by atoms with E-state index in [0.29, 0.717) is 11.7 Å². The molecule has 0 bridgehead atoms. The van der Waals surface area contributed by atoms with Crippen LogP contribution in [0.3, 0.4) is 0 Å². The Bertz CT molecular complexity index is 645. The van der Waals surface area contributed by atoms with Crippen molar-refractivity contribution in [1.82, 2.24) is 4.98 Å². The summed E-state index contributed by atoms with van der Waals surface area (Å²) < 4.78 is 0. The molecule has 5 nitrogen and oxygen atoms in total. The Morgan fingerprint density at radius 3 is 1.42 bits per heavy atom. The Morgan fingerprint density at radius 2 is 1.12 bits per heavy atom. The van der Waals surface area contributed by atoms with Crippen molar-refractivity contribution in [3.05, 3.63) is 29.6 Å². The van der Waals surface area contributed by atoms with Crippen molar-refractivity contribution in [2.75, 3.05) is 0 Å². The molecule has 0 aromatic carbocycles. The van der Waals surface area contributed by atoms with Crippen molar-refractivity contribution in [2.24, 2.45) is 20.0 Å². The molecule has 0 fully saturated rings. The SMILES string of the molecule is CC1=NC(c2cccc(C3=NC(C)C(C)=N3)n2)=NC1C.[Cl-].[Cl-].[Cl-].[Nd+3]. The van der Waals surface area contributed by atoms with Crippen LogP contribution in [0, 0.1) is 40.8 Å². The van der Waals surface area contributed by atoms with Gasteiger partial charge in [0.05, 0.1) is 12.1 Å². The van der Waals surface area contributed by atoms with Crippen molar-refractivity contribution in [3.8, 4) is 0 Å². The molecule has 1 aromatic rings. The first-order valence-corrected chi connectivity index (χ1v) is 6.78. The summed E-state index contributed by atoms with van der Waals surface area (Å²) in [6, 6.07) is 6.07. The zero-order valence-corrected chi connectivity index (χ0v) is 19.2. The van der Waals surface area contributed by atoms with Gasteiger partial charge < -0.3 is 37.2 Å². The predicted molar refractivity (Wildman–Crippen MR) is 82.5 cm³/mol. The summed E-state index contributed by atoms with van der Waals surface area (Å²) >= 11 is 0. The van der Waals surface area contributed by atoms with Crippen LogP contribution < -0.4 is 37.2 Å². The predicted octanol–water partition coefficient (Wildman–Crippen LogP) is -6.69. The van der Waals surface area contributed by atoms with Gasteiger partial charge in [0.2, 0.25) is 0 Å². The van der Waals surface area contributed by atoms with Crippen molar-refractivity contribution < 1.29 is 78.1 Å². The summed E-state index contributed by atoms with van der Waals surface area (Å²) in [4.78, 5) is 22.6. The van der Waals surface area contributed by atoms with Gasteiger partial charge in [0, 0.05) is 11.4 Å². The van der Waals surface area contributed by atoms with Crippen LogP contribution in [0.15, 0.2) is 38.2 Å². The van der Waals surface area contributed by atoms with Crippen LogP contribution in [0.25, 0.3) is 0 Å². The van der Waals surface area contributed by atoms with Gasteiger partial charge in [0.15, 0.2) is 11.7 Å². The van der Waals surface area contributed by atoms with E-state index in [2.05, 4.69) is 25.0 Å². The van der Waals surface area contributed by atoms with E-state index in [0.717, 1.165) is 22.8 Å². The second-order valence-electron chi connectivity index (χ2n) is 5.17. The number of aromatic nitrogens is 1. The molecule has 2 atom stereocenters. The summed E-state index contributed by atoms with van der Waals surface area (Å²) in [7, 11) is 0. The Balaban J connectivity index is 0. The molecule has 1 aromatic heterocycles. The molecule has 2 aliphatic rings. The molecule has 0 N–H and O–H groups in total. The minimum atomic E-state index is 0. The van der Waals surface area contributed by atoms with Crippen molar-refractivity contribution in [3.63, 3.8) is 0 Å². The summed E-state index contributed by atoms with van der Waals surface area (Å²) in [5.41, 5.74) is 3.60. The van der Waals surface area contributed by atoms with Crippen molar-refractivity contribution in [1.29, 1.82) is 0 Å². The van der Waals surface area contributed by atoms with Gasteiger partial charge in [0.25, 0.3) is 0 Å². The van der Waals surface area contributed by atoms with Gasteiger partial charge in [-0.1, -0.05) is 6.07 Å². The topological polar surface area (TPSA) is 62.3 Å². The van der Waals surface area contributed by atoms with E-state index in [1.54, 1.807) is 0 Å². The minimum absolute atomic E-state index is 0. The van der Waals surface area contributed by atoms with Crippen LogP contribution >= 0.6 is 0 Å². The standard InChI is InChI=1S/C15H17N5.3ClH.Nd/c1-8-9(2)17-14(16-8)12-6-5-7-13(20-12)15-18-10(3)11(4)19-15;;;;/h5-8,10H,1-4H3;3*1H;/q;;;;+3/p-3. The molecule has 0 saturated heterocycles. The van der Waals surface area contributed by atoms with Crippen LogP contribution in [0.2, 0.25) is 0 Å². The largest absolute Gasteiger partial charge is 3.00 e. The van der Waals surface area contributed by atoms with Gasteiger partial charge in [-0.3, -0.25) is 9.98 Å². The first-order valence-electron chi connectivity index (χ1n) is 6.78. The number of nitrogens with zero attached hydrogens (tertiary/aromatic N) is 5. The number of halogens is 3. The summed E-state index contributed by atoms with van der Waals surface area (Å²) in [6.07, 6.45) is 0. The average molecular weight is 518 g/mol. The van der Waals surface area contributed by atoms with Crippen molar-refractivity contribution >= 4 is 23.1 Å². The average Bonchev–Trinajstić information content (AvgIpc) is 2.94. The Hall–Kier alpha value is 0.0506. The fourth-order valence-corrected chi connectivity index (χ4v) is 2.06. The number of hydrogen-bond donors (Lipinski definition) is 0. The fraction of sp³-hybridized carbons (Fsp3) is 0.400. The van der Waals surface area contributed by atoms with Gasteiger partial charge in [-0.2, -0.15) is 0 Å². The first-order chi connectivity index (χ1) is 9.54. The van der Waals surface area contributed by atoms with Crippen LogP contribution in [0.1, 0.15) is 39.1 Å². The number of aliphatic imine (C=N–C) groups is 4. The number of amidine groups is 2. The van der Waals surface area contributed by atoms with E-state index in [-0.39, 0.29) is 90.1 Å². The third-order valence-electron chi connectivity index (χ3n) is 3.61. The first kappa shape index (κ1) is 26.3. The molecular formula is C15H17Cl3N5Nd. The Kier molecular flexibility index (Phi) is 11.9. The summed E-state index contributed by atoms with van der Waals surface area (Å²) in [6.45, 7) is 8.04. The molecule has 127 valence electrons. The molecule has 2 unspecified atom stereocenters. The number of pyridine rings is 1. The maximum atomic E-state index is 4.60. The van der Waals surface area contributed by atoms with E-state index in [1.807, 2.05) is 45.9 Å². The quantitative estimate of drug-likeness (QED) is 0.385. The molecule has 3 heterocycles. The molecule has 0 amide bonds. The Labute approximate surface area is 193 Å². The van der Waals surface area contributed by atoms with E-state index >= 15 is 0 Å².